The van der Waals surface area contributed by atoms with Crippen LogP contribution in [0.2, 0.25) is 0 Å². The minimum atomic E-state index is -3.66. The molecule has 104 valence electrons. The Balaban J connectivity index is 2.23. The number of nitrogens with zero attached hydrogens (tertiary/aromatic N) is 1. The van der Waals surface area contributed by atoms with Gasteiger partial charge in [0.25, 0.3) is 15.9 Å². The molecule has 1 atom stereocenters. The quantitative estimate of drug-likeness (QED) is 0.877. The predicted octanol–water partition coefficient (Wildman–Crippen LogP) is 1.08. The van der Waals surface area contributed by atoms with Crippen molar-refractivity contribution < 1.29 is 13.2 Å². The van der Waals surface area contributed by atoms with Gasteiger partial charge in [0, 0.05) is 6.54 Å². The summed E-state index contributed by atoms with van der Waals surface area (Å²) in [5.41, 5.74) is 0.276. The van der Waals surface area contributed by atoms with E-state index in [0.29, 0.717) is 6.54 Å². The second kappa shape index (κ2) is 5.30. The molecule has 1 amide bonds. The highest BCUT2D eigenvalue weighted by atomic mass is 32.2. The summed E-state index contributed by atoms with van der Waals surface area (Å²) in [5, 5.41) is 3.15. The van der Waals surface area contributed by atoms with E-state index in [1.807, 2.05) is 13.8 Å². The van der Waals surface area contributed by atoms with Crippen molar-refractivity contribution in [1.29, 1.82) is 0 Å². The zero-order valence-electron chi connectivity index (χ0n) is 11.1. The van der Waals surface area contributed by atoms with Gasteiger partial charge >= 0.3 is 0 Å². The van der Waals surface area contributed by atoms with Crippen molar-refractivity contribution in [2.45, 2.75) is 18.7 Å². The lowest BCUT2D eigenvalue weighted by molar-refractivity contribution is 0.0859. The Bertz CT molecular complexity index is 583. The average Bonchev–Trinajstić information content (AvgIpc) is 2.58. The summed E-state index contributed by atoms with van der Waals surface area (Å²) in [4.78, 5) is 12.3. The van der Waals surface area contributed by atoms with Gasteiger partial charge in [-0.2, -0.15) is 0 Å². The van der Waals surface area contributed by atoms with E-state index >= 15 is 0 Å². The van der Waals surface area contributed by atoms with Crippen molar-refractivity contribution in [2.24, 2.45) is 5.92 Å². The number of nitrogens with one attached hydrogen (secondary N) is 1. The maximum atomic E-state index is 12.3. The molecule has 0 aromatic heterocycles. The number of benzene rings is 1. The van der Waals surface area contributed by atoms with E-state index in [0.717, 1.165) is 10.8 Å². The van der Waals surface area contributed by atoms with Crippen molar-refractivity contribution in [3.63, 3.8) is 0 Å². The fraction of sp³-hybridized carbons (Fsp3) is 0.462. The van der Waals surface area contributed by atoms with Crippen molar-refractivity contribution in [1.82, 2.24) is 9.62 Å². The highest BCUT2D eigenvalue weighted by molar-refractivity contribution is 7.90. The van der Waals surface area contributed by atoms with Gasteiger partial charge in [-0.15, -0.1) is 0 Å². The summed E-state index contributed by atoms with van der Waals surface area (Å²) in [6.45, 7) is 5.63. The molecule has 1 heterocycles. The van der Waals surface area contributed by atoms with E-state index in [9.17, 15) is 13.2 Å². The number of carbonyl (C=O) groups is 1. The van der Waals surface area contributed by atoms with E-state index in [1.165, 1.54) is 6.07 Å². The smallest absolute Gasteiger partial charge is 0.269 e. The number of amides is 1. The first kappa shape index (κ1) is 14.0. The zero-order chi connectivity index (χ0) is 14.0. The minimum absolute atomic E-state index is 0.0768. The van der Waals surface area contributed by atoms with Gasteiger partial charge in [0.1, 0.15) is 4.90 Å². The number of sulfonamides is 1. The summed E-state index contributed by atoms with van der Waals surface area (Å²) >= 11 is 0. The Morgan fingerprint density at radius 2 is 2.00 bits per heavy atom. The summed E-state index contributed by atoms with van der Waals surface area (Å²) in [5.74, 6) is -0.341. The van der Waals surface area contributed by atoms with Crippen molar-refractivity contribution in [2.75, 3.05) is 19.6 Å². The van der Waals surface area contributed by atoms with E-state index < -0.39 is 15.9 Å². The van der Waals surface area contributed by atoms with Crippen molar-refractivity contribution in [3.05, 3.63) is 29.8 Å². The maximum absolute atomic E-state index is 12.3. The number of fused-ring (bicyclic) bond motifs is 1. The lowest BCUT2D eigenvalue weighted by Gasteiger charge is -2.20. The Morgan fingerprint density at radius 3 is 2.63 bits per heavy atom. The van der Waals surface area contributed by atoms with Gasteiger partial charge in [-0.1, -0.05) is 26.0 Å². The first-order valence-electron chi connectivity index (χ1n) is 6.35. The fourth-order valence-electron chi connectivity index (χ4n) is 2.15. The molecule has 0 saturated carbocycles. The van der Waals surface area contributed by atoms with Crippen LogP contribution in [0.15, 0.2) is 29.2 Å². The molecule has 5 nitrogen and oxygen atoms in total. The normalized spacial score (nSPS) is 18.4. The molecule has 1 aliphatic rings. The Labute approximate surface area is 113 Å². The molecule has 1 aromatic carbocycles. The fourth-order valence-corrected chi connectivity index (χ4v) is 3.84. The summed E-state index contributed by atoms with van der Waals surface area (Å²) < 4.78 is 25.6. The van der Waals surface area contributed by atoms with Crippen LogP contribution in [0.3, 0.4) is 0 Å². The molecular formula is C13H18N2O3S. The third-order valence-electron chi connectivity index (χ3n) is 3.13. The highest BCUT2D eigenvalue weighted by Gasteiger charge is 2.41. The van der Waals surface area contributed by atoms with Crippen LogP contribution >= 0.6 is 0 Å². The molecule has 19 heavy (non-hydrogen) atoms. The largest absolute Gasteiger partial charge is 0.317 e. The lowest BCUT2D eigenvalue weighted by Crippen LogP contribution is -2.37. The molecule has 1 unspecified atom stereocenters. The van der Waals surface area contributed by atoms with Crippen LogP contribution in [0.25, 0.3) is 0 Å². The van der Waals surface area contributed by atoms with Crippen LogP contribution in [0.5, 0.6) is 0 Å². The van der Waals surface area contributed by atoms with Crippen molar-refractivity contribution in [3.8, 4) is 0 Å². The molecule has 2 rings (SSSR count). The minimum Gasteiger partial charge on any atom is -0.317 e. The first-order valence-corrected chi connectivity index (χ1v) is 7.79. The second-order valence-electron chi connectivity index (χ2n) is 4.75. The molecule has 0 bridgehead atoms. The van der Waals surface area contributed by atoms with Gasteiger partial charge in [0.15, 0.2) is 0 Å². The van der Waals surface area contributed by atoms with Crippen LogP contribution in [-0.4, -0.2) is 38.3 Å². The average molecular weight is 282 g/mol. The van der Waals surface area contributed by atoms with Gasteiger partial charge in [0.2, 0.25) is 0 Å². The third kappa shape index (κ3) is 2.50. The van der Waals surface area contributed by atoms with Gasteiger partial charge in [0.05, 0.1) is 5.56 Å². The Morgan fingerprint density at radius 1 is 1.32 bits per heavy atom. The van der Waals surface area contributed by atoms with Crippen LogP contribution in [0.4, 0.5) is 0 Å². The number of rotatable bonds is 5. The number of hydrogen-bond acceptors (Lipinski definition) is 4. The molecule has 0 saturated heterocycles. The van der Waals surface area contributed by atoms with Gasteiger partial charge in [-0.3, -0.25) is 4.79 Å². The number of hydrogen-bond donors (Lipinski definition) is 1. The SMILES string of the molecule is CCNCC(C)CN1C(=O)c2ccccc2S1(=O)=O. The molecule has 1 N–H and O–H groups in total. The van der Waals surface area contributed by atoms with Gasteiger partial charge in [-0.25, -0.2) is 12.7 Å². The van der Waals surface area contributed by atoms with Crippen LogP contribution in [-0.2, 0) is 10.0 Å². The topological polar surface area (TPSA) is 66.5 Å². The molecule has 0 radical (unpaired) electrons. The number of carbonyl (C=O) groups excluding carboxylic acids is 1. The van der Waals surface area contributed by atoms with Gasteiger partial charge < -0.3 is 5.32 Å². The zero-order valence-corrected chi connectivity index (χ0v) is 11.9. The highest BCUT2D eigenvalue weighted by Crippen LogP contribution is 2.30. The summed E-state index contributed by atoms with van der Waals surface area (Å²) in [7, 11) is -3.66. The van der Waals surface area contributed by atoms with E-state index in [2.05, 4.69) is 5.32 Å². The molecule has 0 spiro atoms. The molecule has 1 aliphatic heterocycles. The monoisotopic (exact) mass is 282 g/mol. The summed E-state index contributed by atoms with van der Waals surface area (Å²) in [6.07, 6.45) is 0. The predicted molar refractivity (Wildman–Crippen MR) is 72.4 cm³/mol. The Kier molecular flexibility index (Phi) is 3.91. The second-order valence-corrected chi connectivity index (χ2v) is 6.58. The summed E-state index contributed by atoms with van der Waals surface area (Å²) in [6, 6.07) is 6.36. The third-order valence-corrected chi connectivity index (χ3v) is 4.94. The molecular weight excluding hydrogens is 264 g/mol. The van der Waals surface area contributed by atoms with Crippen LogP contribution < -0.4 is 5.32 Å². The van der Waals surface area contributed by atoms with Crippen molar-refractivity contribution >= 4 is 15.9 Å². The van der Waals surface area contributed by atoms with E-state index in [-0.39, 0.29) is 22.9 Å². The first-order chi connectivity index (χ1) is 8.98. The molecule has 0 fully saturated rings. The maximum Gasteiger partial charge on any atom is 0.269 e. The van der Waals surface area contributed by atoms with Crippen LogP contribution in [0, 0.1) is 5.92 Å². The lowest BCUT2D eigenvalue weighted by atomic mass is 10.1. The van der Waals surface area contributed by atoms with Gasteiger partial charge in [-0.05, 0) is 31.1 Å². The molecule has 0 aliphatic carbocycles. The van der Waals surface area contributed by atoms with E-state index in [4.69, 9.17) is 0 Å². The van der Waals surface area contributed by atoms with Crippen LogP contribution in [0.1, 0.15) is 24.2 Å². The van der Waals surface area contributed by atoms with E-state index in [1.54, 1.807) is 18.2 Å². The Hall–Kier alpha value is -1.40. The molecule has 1 aromatic rings. The standard InChI is InChI=1S/C13H18N2O3S/c1-3-14-8-10(2)9-15-13(16)11-6-4-5-7-12(11)19(15,17)18/h4-7,10,14H,3,8-9H2,1-2H3. The molecule has 6 heteroatoms.